The van der Waals surface area contributed by atoms with Gasteiger partial charge in [0.25, 0.3) is 0 Å². The van der Waals surface area contributed by atoms with Crippen LogP contribution in [0.5, 0.6) is 0 Å². The minimum absolute atomic E-state index is 0.924. The number of nitrogens with one attached hydrogen (secondary N) is 1. The summed E-state index contributed by atoms with van der Waals surface area (Å²) in [5.74, 6) is 1.04. The lowest BCUT2D eigenvalue weighted by atomic mass is 10.00. The highest BCUT2D eigenvalue weighted by molar-refractivity contribution is 5.91. The number of H-pyrrole nitrogens is 1. The number of pyridine rings is 1. The van der Waals surface area contributed by atoms with Crippen LogP contribution in [-0.2, 0) is 13.0 Å². The molecule has 0 saturated carbocycles. The monoisotopic (exact) mass is 264 g/mol. The van der Waals surface area contributed by atoms with Crippen LogP contribution in [-0.4, -0.2) is 21.7 Å². The zero-order chi connectivity index (χ0) is 13.5. The third-order valence-electron chi connectivity index (χ3n) is 4.06. The van der Waals surface area contributed by atoms with Crippen LogP contribution in [0.15, 0.2) is 36.5 Å². The normalized spacial score (nSPS) is 14.6. The van der Waals surface area contributed by atoms with Gasteiger partial charge in [0.1, 0.15) is 5.82 Å². The van der Waals surface area contributed by atoms with Crippen molar-refractivity contribution in [2.24, 2.45) is 0 Å². The molecule has 0 unspecified atom stereocenters. The Hall–Kier alpha value is -2.36. The van der Waals surface area contributed by atoms with Crippen LogP contribution in [0.25, 0.3) is 10.9 Å². The van der Waals surface area contributed by atoms with E-state index in [0.29, 0.717) is 0 Å². The lowest BCUT2D eigenvalue weighted by Crippen LogP contribution is -2.31. The fourth-order valence-corrected chi connectivity index (χ4v) is 3.01. The first-order chi connectivity index (χ1) is 9.83. The van der Waals surface area contributed by atoms with Crippen LogP contribution in [0.4, 0.5) is 5.82 Å². The number of hydrogen-bond donors (Lipinski definition) is 1. The molecule has 0 radical (unpaired) electrons. The predicted molar refractivity (Wildman–Crippen MR) is 79.8 cm³/mol. The molecule has 0 amide bonds. The predicted octanol–water partition coefficient (Wildman–Crippen LogP) is 2.83. The second kappa shape index (κ2) is 4.34. The fraction of sp³-hybridized carbons (Fsp3) is 0.250. The molecule has 0 aliphatic carbocycles. The van der Waals surface area contributed by atoms with E-state index in [1.807, 2.05) is 12.3 Å². The lowest BCUT2D eigenvalue weighted by Gasteiger charge is -2.30. The number of hydrogen-bond acceptors (Lipinski definition) is 3. The Morgan fingerprint density at radius 2 is 2.00 bits per heavy atom. The first-order valence-corrected chi connectivity index (χ1v) is 6.94. The lowest BCUT2D eigenvalue weighted by molar-refractivity contribution is 0.724. The van der Waals surface area contributed by atoms with E-state index >= 15 is 0 Å². The number of rotatable bonds is 1. The van der Waals surface area contributed by atoms with Gasteiger partial charge >= 0.3 is 0 Å². The number of nitrogens with zero attached hydrogens (tertiary/aromatic N) is 3. The average molecular weight is 264 g/mol. The molecule has 1 aliphatic rings. The van der Waals surface area contributed by atoms with Gasteiger partial charge in [0.2, 0.25) is 0 Å². The SMILES string of the molecule is Cc1[nH]nc2ccnc(N3CCc4ccccc4C3)c12. The van der Waals surface area contributed by atoms with Crippen molar-refractivity contribution >= 4 is 16.7 Å². The maximum absolute atomic E-state index is 4.60. The van der Waals surface area contributed by atoms with Crippen LogP contribution < -0.4 is 4.90 Å². The molecule has 1 N–H and O–H groups in total. The van der Waals surface area contributed by atoms with Crippen molar-refractivity contribution < 1.29 is 0 Å². The highest BCUT2D eigenvalue weighted by Crippen LogP contribution is 2.29. The summed E-state index contributed by atoms with van der Waals surface area (Å²) in [7, 11) is 0. The molecule has 0 spiro atoms. The van der Waals surface area contributed by atoms with E-state index in [-0.39, 0.29) is 0 Å². The zero-order valence-electron chi connectivity index (χ0n) is 11.4. The quantitative estimate of drug-likeness (QED) is 0.735. The van der Waals surface area contributed by atoms with Gasteiger partial charge in [-0.15, -0.1) is 0 Å². The maximum atomic E-state index is 4.60. The summed E-state index contributed by atoms with van der Waals surface area (Å²) in [5.41, 5.74) is 4.94. The number of aromatic amines is 1. The molecule has 3 aromatic rings. The molecule has 0 saturated heterocycles. The van der Waals surface area contributed by atoms with E-state index in [1.54, 1.807) is 0 Å². The van der Waals surface area contributed by atoms with Crippen LogP contribution >= 0.6 is 0 Å². The molecular formula is C16H16N4. The van der Waals surface area contributed by atoms with E-state index in [9.17, 15) is 0 Å². The van der Waals surface area contributed by atoms with Crippen LogP contribution in [0.3, 0.4) is 0 Å². The van der Waals surface area contributed by atoms with Gasteiger partial charge in [-0.3, -0.25) is 5.10 Å². The minimum atomic E-state index is 0.924. The van der Waals surface area contributed by atoms with Gasteiger partial charge < -0.3 is 4.90 Å². The standard InChI is InChI=1S/C16H16N4/c1-11-15-14(19-18-11)6-8-17-16(15)20-9-7-12-4-2-3-5-13(12)10-20/h2-6,8H,7,9-10H2,1H3,(H,18,19). The molecular weight excluding hydrogens is 248 g/mol. The maximum Gasteiger partial charge on any atom is 0.140 e. The van der Waals surface area contributed by atoms with Crippen molar-refractivity contribution in [3.05, 3.63) is 53.3 Å². The van der Waals surface area contributed by atoms with E-state index in [1.165, 1.54) is 11.1 Å². The molecule has 0 fully saturated rings. The second-order valence-electron chi connectivity index (χ2n) is 5.32. The Bertz CT molecular complexity index is 775. The van der Waals surface area contributed by atoms with E-state index in [0.717, 1.165) is 41.9 Å². The summed E-state index contributed by atoms with van der Waals surface area (Å²) in [5, 5.41) is 8.53. The van der Waals surface area contributed by atoms with Gasteiger partial charge in [-0.1, -0.05) is 24.3 Å². The number of fused-ring (bicyclic) bond motifs is 2. The number of benzene rings is 1. The number of aryl methyl sites for hydroxylation is 1. The molecule has 20 heavy (non-hydrogen) atoms. The molecule has 1 aromatic carbocycles. The van der Waals surface area contributed by atoms with Gasteiger partial charge in [-0.05, 0) is 30.5 Å². The number of aromatic nitrogens is 3. The highest BCUT2D eigenvalue weighted by Gasteiger charge is 2.20. The minimum Gasteiger partial charge on any atom is -0.351 e. The first-order valence-electron chi connectivity index (χ1n) is 6.94. The Morgan fingerprint density at radius 3 is 2.90 bits per heavy atom. The van der Waals surface area contributed by atoms with Crippen LogP contribution in [0, 0.1) is 6.92 Å². The van der Waals surface area contributed by atoms with Crippen molar-refractivity contribution in [2.75, 3.05) is 11.4 Å². The van der Waals surface area contributed by atoms with Crippen molar-refractivity contribution in [1.29, 1.82) is 0 Å². The average Bonchev–Trinajstić information content (AvgIpc) is 2.88. The summed E-state index contributed by atoms with van der Waals surface area (Å²) in [6, 6.07) is 10.6. The van der Waals surface area contributed by atoms with Gasteiger partial charge in [-0.25, -0.2) is 4.98 Å². The third-order valence-corrected chi connectivity index (χ3v) is 4.06. The largest absolute Gasteiger partial charge is 0.351 e. The molecule has 0 bridgehead atoms. The van der Waals surface area contributed by atoms with Gasteiger partial charge in [-0.2, -0.15) is 5.10 Å². The Morgan fingerprint density at radius 1 is 1.15 bits per heavy atom. The topological polar surface area (TPSA) is 44.8 Å². The fourth-order valence-electron chi connectivity index (χ4n) is 3.01. The third kappa shape index (κ3) is 1.68. The van der Waals surface area contributed by atoms with E-state index in [2.05, 4.69) is 51.3 Å². The number of anilines is 1. The summed E-state index contributed by atoms with van der Waals surface area (Å²) >= 11 is 0. The molecule has 4 nitrogen and oxygen atoms in total. The Labute approximate surface area is 117 Å². The van der Waals surface area contributed by atoms with Crippen molar-refractivity contribution in [1.82, 2.24) is 15.2 Å². The van der Waals surface area contributed by atoms with Crippen LogP contribution in [0.2, 0.25) is 0 Å². The van der Waals surface area contributed by atoms with Gasteiger partial charge in [0.05, 0.1) is 10.9 Å². The molecule has 3 heterocycles. The van der Waals surface area contributed by atoms with E-state index in [4.69, 9.17) is 0 Å². The second-order valence-corrected chi connectivity index (χ2v) is 5.32. The van der Waals surface area contributed by atoms with E-state index < -0.39 is 0 Å². The summed E-state index contributed by atoms with van der Waals surface area (Å²) in [6.07, 6.45) is 2.92. The first kappa shape index (κ1) is 11.5. The summed E-state index contributed by atoms with van der Waals surface area (Å²) in [4.78, 5) is 6.96. The molecule has 100 valence electrons. The summed E-state index contributed by atoms with van der Waals surface area (Å²) < 4.78 is 0. The summed E-state index contributed by atoms with van der Waals surface area (Å²) in [6.45, 7) is 3.99. The molecule has 1 aliphatic heterocycles. The van der Waals surface area contributed by atoms with Gasteiger partial charge in [0.15, 0.2) is 0 Å². The molecule has 2 aromatic heterocycles. The smallest absolute Gasteiger partial charge is 0.140 e. The van der Waals surface area contributed by atoms with Crippen molar-refractivity contribution in [3.8, 4) is 0 Å². The highest BCUT2D eigenvalue weighted by atomic mass is 15.2. The van der Waals surface area contributed by atoms with Crippen LogP contribution in [0.1, 0.15) is 16.8 Å². The van der Waals surface area contributed by atoms with Crippen molar-refractivity contribution in [3.63, 3.8) is 0 Å². The zero-order valence-corrected chi connectivity index (χ0v) is 11.4. The Kier molecular flexibility index (Phi) is 2.49. The van der Waals surface area contributed by atoms with Gasteiger partial charge in [0, 0.05) is 25.0 Å². The molecule has 4 heteroatoms. The van der Waals surface area contributed by atoms with Crippen molar-refractivity contribution in [2.45, 2.75) is 19.9 Å². The molecule has 0 atom stereocenters. The Balaban J connectivity index is 1.80. The molecule has 4 rings (SSSR count).